The highest BCUT2D eigenvalue weighted by Gasteiger charge is 2.49. The summed E-state index contributed by atoms with van der Waals surface area (Å²) in [7, 11) is 0. The largest absolute Gasteiger partial charge is 0.508 e. The molecule has 5 aliphatic heterocycles. The highest BCUT2D eigenvalue weighted by atomic mass is 19.1. The number of aryl methyl sites for hydroxylation is 1. The summed E-state index contributed by atoms with van der Waals surface area (Å²) in [5.74, 6) is 0.104. The number of aromatic nitrogens is 3. The molecule has 230 valence electrons. The van der Waals surface area contributed by atoms with Crippen molar-refractivity contribution >= 4 is 16.7 Å². The highest BCUT2D eigenvalue weighted by Crippen LogP contribution is 2.41. The first kappa shape index (κ1) is 28.6. The first-order valence-corrected chi connectivity index (χ1v) is 16.0. The van der Waals surface area contributed by atoms with E-state index in [4.69, 9.17) is 14.5 Å². The average molecular weight is 594 g/mol. The Morgan fingerprint density at radius 2 is 2.00 bits per heavy atom. The van der Waals surface area contributed by atoms with Crippen molar-refractivity contribution < 1.29 is 23.4 Å². The first-order valence-electron chi connectivity index (χ1n) is 16.0. The predicted octanol–water partition coefficient (Wildman–Crippen LogP) is 5.90. The minimum Gasteiger partial charge on any atom is -0.508 e. The number of benzene rings is 1. The van der Waals surface area contributed by atoms with Gasteiger partial charge in [-0.3, -0.25) is 9.88 Å². The van der Waals surface area contributed by atoms with Crippen molar-refractivity contribution in [1.82, 2.24) is 19.9 Å². The minimum atomic E-state index is -0.871. The van der Waals surface area contributed by atoms with E-state index >= 15 is 4.39 Å². The lowest BCUT2D eigenvalue weighted by Crippen LogP contribution is -2.43. The maximum atomic E-state index is 16.7. The van der Waals surface area contributed by atoms with E-state index in [1.165, 1.54) is 0 Å². The number of fused-ring (bicyclic) bond motifs is 7. The third-order valence-electron chi connectivity index (χ3n) is 9.94. The molecule has 6 bridgehead atoms. The van der Waals surface area contributed by atoms with Gasteiger partial charge >= 0.3 is 6.01 Å². The number of alkyl halides is 1. The Bertz CT molecular complexity index is 1510. The van der Waals surface area contributed by atoms with Crippen LogP contribution in [0.3, 0.4) is 0 Å². The zero-order valence-electron chi connectivity index (χ0n) is 25.0. The molecule has 0 unspecified atom stereocenters. The SMILES string of the molecule is Cc1cc(O)cc2c1CCCCCO[C@H]1CCCCN(C1)c1nc(OC[C@@]34CCCN3C[C@H](F)C4)nc3c(F)c-2ncc13. The second-order valence-electron chi connectivity index (χ2n) is 12.9. The number of hydrogen-bond acceptors (Lipinski definition) is 8. The summed E-state index contributed by atoms with van der Waals surface area (Å²) < 4.78 is 43.8. The molecule has 43 heavy (non-hydrogen) atoms. The van der Waals surface area contributed by atoms with Crippen molar-refractivity contribution in [2.24, 2.45) is 0 Å². The van der Waals surface area contributed by atoms with Gasteiger partial charge in [-0.15, -0.1) is 0 Å². The summed E-state index contributed by atoms with van der Waals surface area (Å²) >= 11 is 0. The van der Waals surface area contributed by atoms with Crippen molar-refractivity contribution in [3.63, 3.8) is 0 Å². The zero-order valence-corrected chi connectivity index (χ0v) is 25.0. The Kier molecular flexibility index (Phi) is 7.84. The third-order valence-corrected chi connectivity index (χ3v) is 9.94. The van der Waals surface area contributed by atoms with Crippen LogP contribution in [0.4, 0.5) is 14.6 Å². The number of phenols is 1. The van der Waals surface area contributed by atoms with Crippen LogP contribution in [0.5, 0.6) is 11.8 Å². The zero-order chi connectivity index (χ0) is 29.6. The quantitative estimate of drug-likeness (QED) is 0.402. The summed E-state index contributed by atoms with van der Waals surface area (Å²) in [5.41, 5.74) is 2.39. The van der Waals surface area contributed by atoms with Gasteiger partial charge in [0, 0.05) is 44.4 Å². The van der Waals surface area contributed by atoms with Crippen molar-refractivity contribution in [2.75, 3.05) is 44.3 Å². The second-order valence-corrected chi connectivity index (χ2v) is 12.9. The van der Waals surface area contributed by atoms with Crippen molar-refractivity contribution in [3.8, 4) is 23.0 Å². The Hall–Kier alpha value is -3.11. The van der Waals surface area contributed by atoms with Crippen LogP contribution in [0.15, 0.2) is 18.3 Å². The van der Waals surface area contributed by atoms with Crippen LogP contribution in [-0.4, -0.2) is 82.2 Å². The molecule has 8 rings (SSSR count). The van der Waals surface area contributed by atoms with Gasteiger partial charge in [0.1, 0.15) is 35.6 Å². The molecule has 8 nitrogen and oxygen atoms in total. The molecule has 3 aromatic rings. The molecule has 7 heterocycles. The lowest BCUT2D eigenvalue weighted by atomic mass is 9.93. The molecule has 10 heteroatoms. The molecule has 0 saturated carbocycles. The van der Waals surface area contributed by atoms with Crippen molar-refractivity contribution in [2.45, 2.75) is 88.9 Å². The number of aromatic hydroxyl groups is 1. The third kappa shape index (κ3) is 5.52. The first-order chi connectivity index (χ1) is 20.9. The molecule has 3 fully saturated rings. The van der Waals surface area contributed by atoms with Crippen LogP contribution in [0.2, 0.25) is 0 Å². The van der Waals surface area contributed by atoms with Gasteiger partial charge in [-0.25, -0.2) is 8.78 Å². The van der Waals surface area contributed by atoms with Crippen LogP contribution in [0, 0.1) is 12.7 Å². The Labute approximate surface area is 251 Å². The van der Waals surface area contributed by atoms with Crippen LogP contribution in [-0.2, 0) is 11.2 Å². The monoisotopic (exact) mass is 593 g/mol. The Morgan fingerprint density at radius 1 is 1.09 bits per heavy atom. The summed E-state index contributed by atoms with van der Waals surface area (Å²) in [5, 5.41) is 11.0. The van der Waals surface area contributed by atoms with E-state index in [2.05, 4.69) is 19.8 Å². The topological polar surface area (TPSA) is 83.8 Å². The van der Waals surface area contributed by atoms with E-state index in [0.717, 1.165) is 82.0 Å². The van der Waals surface area contributed by atoms with Gasteiger partial charge in [-0.2, -0.15) is 9.97 Å². The number of hydrogen-bond donors (Lipinski definition) is 1. The molecule has 0 aliphatic carbocycles. The molecule has 0 spiro atoms. The standard InChI is InChI=1S/C33H41F2N5O3/c1-21-14-23(41)15-26-25(21)9-3-2-6-13-42-24-8-4-5-11-39(19-24)31-27-17-36-29(26)28(35)30(27)37-32(38-31)43-20-33-10-7-12-40(33)18-22(34)16-33/h14-15,17,22,24,41H,2-13,16,18-20H2,1H3/t22-,24+,33+/m1/s1. The van der Waals surface area contributed by atoms with Gasteiger partial charge in [0.25, 0.3) is 0 Å². The van der Waals surface area contributed by atoms with E-state index in [1.54, 1.807) is 18.3 Å². The Balaban J connectivity index is 1.36. The van der Waals surface area contributed by atoms with Crippen molar-refractivity contribution in [1.29, 1.82) is 0 Å². The molecule has 3 atom stereocenters. The van der Waals surface area contributed by atoms with Crippen LogP contribution >= 0.6 is 0 Å². The van der Waals surface area contributed by atoms with Crippen molar-refractivity contribution in [3.05, 3.63) is 35.3 Å². The fourth-order valence-corrected chi connectivity index (χ4v) is 7.77. The normalized spacial score (nSPS) is 26.5. The molecule has 0 radical (unpaired) electrons. The van der Waals surface area contributed by atoms with Crippen LogP contribution in [0.25, 0.3) is 22.2 Å². The van der Waals surface area contributed by atoms with E-state index in [0.29, 0.717) is 42.9 Å². The number of anilines is 1. The Morgan fingerprint density at radius 3 is 2.91 bits per heavy atom. The van der Waals surface area contributed by atoms with Gasteiger partial charge in [-0.1, -0.05) is 6.42 Å². The van der Waals surface area contributed by atoms with E-state index < -0.39 is 12.0 Å². The maximum Gasteiger partial charge on any atom is 0.319 e. The van der Waals surface area contributed by atoms with E-state index in [-0.39, 0.29) is 41.2 Å². The molecular weight excluding hydrogens is 552 g/mol. The summed E-state index contributed by atoms with van der Waals surface area (Å²) in [6.45, 7) is 5.60. The molecule has 2 aromatic heterocycles. The summed E-state index contributed by atoms with van der Waals surface area (Å²) in [6.07, 6.45) is 9.75. The number of halogens is 2. The number of pyridine rings is 1. The molecule has 1 aromatic carbocycles. The lowest BCUT2D eigenvalue weighted by molar-refractivity contribution is 0.0515. The van der Waals surface area contributed by atoms with Gasteiger partial charge in [0.2, 0.25) is 0 Å². The summed E-state index contributed by atoms with van der Waals surface area (Å²) in [4.78, 5) is 18.5. The van der Waals surface area contributed by atoms with E-state index in [9.17, 15) is 9.50 Å². The molecule has 1 N–H and O–H groups in total. The number of nitrogens with zero attached hydrogens (tertiary/aromatic N) is 5. The van der Waals surface area contributed by atoms with Gasteiger partial charge in [0.05, 0.1) is 17.0 Å². The smallest absolute Gasteiger partial charge is 0.319 e. The predicted molar refractivity (Wildman–Crippen MR) is 161 cm³/mol. The molecule has 5 aliphatic rings. The number of rotatable bonds is 3. The van der Waals surface area contributed by atoms with Gasteiger partial charge < -0.3 is 19.5 Å². The number of ether oxygens (including phenoxy) is 2. The average Bonchev–Trinajstić information content (AvgIpc) is 3.39. The summed E-state index contributed by atoms with van der Waals surface area (Å²) in [6, 6.07) is 3.42. The fourth-order valence-electron chi connectivity index (χ4n) is 7.77. The molecule has 0 amide bonds. The fraction of sp³-hybridized carbons (Fsp3) is 0.606. The second kappa shape index (κ2) is 11.8. The van der Waals surface area contributed by atoms with Gasteiger partial charge in [-0.05, 0) is 88.1 Å². The molecule has 3 saturated heterocycles. The minimum absolute atomic E-state index is 0.0544. The van der Waals surface area contributed by atoms with Crippen LogP contribution < -0.4 is 9.64 Å². The van der Waals surface area contributed by atoms with E-state index in [1.807, 2.05) is 6.92 Å². The highest BCUT2D eigenvalue weighted by molar-refractivity contribution is 5.92. The lowest BCUT2D eigenvalue weighted by Gasteiger charge is -2.31. The number of phenolic OH excluding ortho intramolecular Hbond substituents is 1. The van der Waals surface area contributed by atoms with Gasteiger partial charge in [0.15, 0.2) is 5.82 Å². The maximum absolute atomic E-state index is 16.7. The molecular formula is C33H41F2N5O3. The van der Waals surface area contributed by atoms with Crippen LogP contribution in [0.1, 0.15) is 68.9 Å².